The van der Waals surface area contributed by atoms with Crippen molar-refractivity contribution < 1.29 is 23.8 Å². The lowest BCUT2D eigenvalue weighted by Crippen LogP contribution is -2.26. The van der Waals surface area contributed by atoms with E-state index in [9.17, 15) is 14.0 Å². The summed E-state index contributed by atoms with van der Waals surface area (Å²) in [4.78, 5) is 22.4. The number of benzene rings is 1. The zero-order chi connectivity index (χ0) is 15.2. The standard InChI is InChI=1S/C15H18FNO4/c16-13-8-11(15(19)20)4-5-12(13)14(18)17-6-1-7-21-9-10-2-3-10/h4-5,8,10H,1-3,6-7,9H2,(H,17,18)(H,19,20). The minimum atomic E-state index is -1.23. The van der Waals surface area contributed by atoms with E-state index in [2.05, 4.69) is 5.32 Å². The second-order valence-corrected chi connectivity index (χ2v) is 5.13. The summed E-state index contributed by atoms with van der Waals surface area (Å²) in [5.41, 5.74) is -0.337. The first-order chi connectivity index (χ1) is 10.1. The highest BCUT2D eigenvalue weighted by Gasteiger charge is 2.20. The first kappa shape index (κ1) is 15.4. The van der Waals surface area contributed by atoms with Gasteiger partial charge in [-0.3, -0.25) is 4.79 Å². The summed E-state index contributed by atoms with van der Waals surface area (Å²) in [6, 6.07) is 3.23. The van der Waals surface area contributed by atoms with Crippen molar-refractivity contribution in [2.45, 2.75) is 19.3 Å². The molecule has 0 unspecified atom stereocenters. The van der Waals surface area contributed by atoms with Crippen molar-refractivity contribution in [2.75, 3.05) is 19.8 Å². The van der Waals surface area contributed by atoms with Crippen LogP contribution >= 0.6 is 0 Å². The maximum atomic E-state index is 13.6. The Bertz CT molecular complexity index is 528. The summed E-state index contributed by atoms with van der Waals surface area (Å²) < 4.78 is 19.1. The topological polar surface area (TPSA) is 75.6 Å². The summed E-state index contributed by atoms with van der Waals surface area (Å²) in [5, 5.41) is 11.3. The molecule has 0 heterocycles. The smallest absolute Gasteiger partial charge is 0.335 e. The number of halogens is 1. The van der Waals surface area contributed by atoms with Crippen LogP contribution in [0.15, 0.2) is 18.2 Å². The molecule has 5 nitrogen and oxygen atoms in total. The summed E-state index contributed by atoms with van der Waals surface area (Å²) in [6.45, 7) is 1.74. The zero-order valence-electron chi connectivity index (χ0n) is 11.6. The molecular formula is C15H18FNO4. The van der Waals surface area contributed by atoms with Crippen molar-refractivity contribution >= 4 is 11.9 Å². The molecule has 6 heteroatoms. The minimum Gasteiger partial charge on any atom is -0.478 e. The lowest BCUT2D eigenvalue weighted by Gasteiger charge is -2.07. The Balaban J connectivity index is 1.73. The molecule has 1 saturated carbocycles. The van der Waals surface area contributed by atoms with Crippen molar-refractivity contribution in [1.29, 1.82) is 0 Å². The Morgan fingerprint density at radius 1 is 1.38 bits per heavy atom. The molecule has 0 radical (unpaired) electrons. The van der Waals surface area contributed by atoms with E-state index in [-0.39, 0.29) is 11.1 Å². The van der Waals surface area contributed by atoms with Gasteiger partial charge < -0.3 is 15.2 Å². The summed E-state index contributed by atoms with van der Waals surface area (Å²) in [7, 11) is 0. The van der Waals surface area contributed by atoms with Gasteiger partial charge in [0.1, 0.15) is 5.82 Å². The number of hydrogen-bond acceptors (Lipinski definition) is 3. The Morgan fingerprint density at radius 3 is 2.76 bits per heavy atom. The number of carboxylic acids is 1. The summed E-state index contributed by atoms with van der Waals surface area (Å²) >= 11 is 0. The first-order valence-electron chi connectivity index (χ1n) is 6.96. The van der Waals surface area contributed by atoms with Crippen LogP contribution in [0.4, 0.5) is 4.39 Å². The highest BCUT2D eigenvalue weighted by Crippen LogP contribution is 2.28. The summed E-state index contributed by atoms with van der Waals surface area (Å²) in [6.07, 6.45) is 3.14. The maximum absolute atomic E-state index is 13.6. The monoisotopic (exact) mass is 295 g/mol. The van der Waals surface area contributed by atoms with Crippen molar-refractivity contribution in [3.05, 3.63) is 35.1 Å². The fourth-order valence-corrected chi connectivity index (χ4v) is 1.84. The van der Waals surface area contributed by atoms with Gasteiger partial charge in [-0.05, 0) is 43.4 Å². The van der Waals surface area contributed by atoms with Crippen LogP contribution in [0.25, 0.3) is 0 Å². The van der Waals surface area contributed by atoms with Crippen LogP contribution in [0, 0.1) is 11.7 Å². The average Bonchev–Trinajstić information content (AvgIpc) is 3.26. The van der Waals surface area contributed by atoms with Crippen molar-refractivity contribution in [3.8, 4) is 0 Å². The van der Waals surface area contributed by atoms with Gasteiger partial charge in [-0.1, -0.05) is 0 Å². The van der Waals surface area contributed by atoms with Gasteiger partial charge in [-0.2, -0.15) is 0 Å². The molecule has 114 valence electrons. The molecule has 0 saturated heterocycles. The molecule has 2 rings (SSSR count). The normalized spacial score (nSPS) is 14.0. The fraction of sp³-hybridized carbons (Fsp3) is 0.467. The number of carbonyl (C=O) groups excluding carboxylic acids is 1. The van der Waals surface area contributed by atoms with Gasteiger partial charge in [0.25, 0.3) is 5.91 Å². The molecule has 1 aromatic carbocycles. The van der Waals surface area contributed by atoms with Crippen LogP contribution < -0.4 is 5.32 Å². The van der Waals surface area contributed by atoms with Gasteiger partial charge >= 0.3 is 5.97 Å². The largest absolute Gasteiger partial charge is 0.478 e. The quantitative estimate of drug-likeness (QED) is 0.720. The van der Waals surface area contributed by atoms with Gasteiger partial charge in [-0.25, -0.2) is 9.18 Å². The highest BCUT2D eigenvalue weighted by atomic mass is 19.1. The lowest BCUT2D eigenvalue weighted by atomic mass is 10.1. The number of nitrogens with one attached hydrogen (secondary N) is 1. The van der Waals surface area contributed by atoms with Crippen molar-refractivity contribution in [3.63, 3.8) is 0 Å². The molecular weight excluding hydrogens is 277 g/mol. The maximum Gasteiger partial charge on any atom is 0.335 e. The molecule has 0 aromatic heterocycles. The third-order valence-corrected chi connectivity index (χ3v) is 3.26. The predicted molar refractivity (Wildman–Crippen MR) is 73.9 cm³/mol. The predicted octanol–water partition coefficient (Wildman–Crippen LogP) is 2.07. The molecule has 21 heavy (non-hydrogen) atoms. The zero-order valence-corrected chi connectivity index (χ0v) is 11.6. The Hall–Kier alpha value is -1.95. The van der Waals surface area contributed by atoms with E-state index in [1.54, 1.807) is 0 Å². The molecule has 0 bridgehead atoms. The van der Waals surface area contributed by atoms with E-state index in [4.69, 9.17) is 9.84 Å². The molecule has 1 aliphatic rings. The summed E-state index contributed by atoms with van der Waals surface area (Å²) in [5.74, 6) is -1.90. The lowest BCUT2D eigenvalue weighted by molar-refractivity contribution is 0.0695. The first-order valence-corrected chi connectivity index (χ1v) is 6.96. The molecule has 2 N–H and O–H groups in total. The third-order valence-electron chi connectivity index (χ3n) is 3.26. The van der Waals surface area contributed by atoms with Crippen LogP contribution in [0.5, 0.6) is 0 Å². The number of carbonyl (C=O) groups is 2. The number of carboxylic acid groups (broad SMARTS) is 1. The number of amides is 1. The fourth-order valence-electron chi connectivity index (χ4n) is 1.84. The Morgan fingerprint density at radius 2 is 2.14 bits per heavy atom. The van der Waals surface area contributed by atoms with E-state index < -0.39 is 17.7 Å². The minimum absolute atomic E-state index is 0.154. The molecule has 1 aromatic rings. The molecule has 0 atom stereocenters. The van der Waals surface area contributed by atoms with E-state index in [1.807, 2.05) is 0 Å². The van der Waals surface area contributed by atoms with Gasteiger partial charge in [0.05, 0.1) is 11.1 Å². The molecule has 0 aliphatic heterocycles. The van der Waals surface area contributed by atoms with Crippen LogP contribution in [0.2, 0.25) is 0 Å². The van der Waals surface area contributed by atoms with E-state index in [1.165, 1.54) is 25.0 Å². The molecule has 1 aliphatic carbocycles. The number of hydrogen-bond donors (Lipinski definition) is 2. The van der Waals surface area contributed by atoms with Crippen LogP contribution in [0.3, 0.4) is 0 Å². The van der Waals surface area contributed by atoms with Gasteiger partial charge in [-0.15, -0.1) is 0 Å². The third kappa shape index (κ3) is 4.82. The molecule has 1 amide bonds. The van der Waals surface area contributed by atoms with Crippen molar-refractivity contribution in [2.24, 2.45) is 5.92 Å². The van der Waals surface area contributed by atoms with E-state index >= 15 is 0 Å². The SMILES string of the molecule is O=C(O)c1ccc(C(=O)NCCCOCC2CC2)c(F)c1. The van der Waals surface area contributed by atoms with Crippen molar-refractivity contribution in [1.82, 2.24) is 5.32 Å². The van der Waals surface area contributed by atoms with Crippen LogP contribution in [-0.4, -0.2) is 36.7 Å². The molecule has 0 spiro atoms. The van der Waals surface area contributed by atoms with Gasteiger partial charge in [0, 0.05) is 19.8 Å². The second-order valence-electron chi connectivity index (χ2n) is 5.13. The van der Waals surface area contributed by atoms with E-state index in [0.29, 0.717) is 25.5 Å². The Labute approximate surface area is 122 Å². The van der Waals surface area contributed by atoms with Crippen LogP contribution in [-0.2, 0) is 4.74 Å². The number of rotatable bonds is 8. The number of ether oxygens (including phenoxy) is 1. The number of aromatic carboxylic acids is 1. The van der Waals surface area contributed by atoms with Gasteiger partial charge in [0.15, 0.2) is 0 Å². The average molecular weight is 295 g/mol. The Kier molecular flexibility index (Phi) is 5.27. The highest BCUT2D eigenvalue weighted by molar-refractivity contribution is 5.96. The van der Waals surface area contributed by atoms with E-state index in [0.717, 1.165) is 12.7 Å². The van der Waals surface area contributed by atoms with Crippen LogP contribution in [0.1, 0.15) is 40.0 Å². The second kappa shape index (κ2) is 7.17. The molecule has 1 fully saturated rings. The van der Waals surface area contributed by atoms with Gasteiger partial charge in [0.2, 0.25) is 0 Å².